The molecule has 1 fully saturated rings. The van der Waals surface area contributed by atoms with Gasteiger partial charge in [0.05, 0.1) is 25.9 Å². The van der Waals surface area contributed by atoms with Crippen molar-refractivity contribution in [3.8, 4) is 0 Å². The Morgan fingerprint density at radius 3 is 2.70 bits per heavy atom. The fraction of sp³-hybridized carbons (Fsp3) is 0.533. The fourth-order valence-corrected chi connectivity index (χ4v) is 2.47. The predicted octanol–water partition coefficient (Wildman–Crippen LogP) is 2.57. The van der Waals surface area contributed by atoms with E-state index in [2.05, 4.69) is 5.32 Å². The highest BCUT2D eigenvalue weighted by Crippen LogP contribution is 2.28. The lowest BCUT2D eigenvalue weighted by Gasteiger charge is -2.28. The van der Waals surface area contributed by atoms with Crippen molar-refractivity contribution in [1.29, 1.82) is 0 Å². The largest absolute Gasteiger partial charge is 0.376 e. The Morgan fingerprint density at radius 2 is 2.10 bits per heavy atom. The number of carbonyl (C=O) groups is 1. The minimum atomic E-state index is -0.535. The number of hydrogen-bond donors (Lipinski definition) is 1. The van der Waals surface area contributed by atoms with Gasteiger partial charge in [0.2, 0.25) is 0 Å². The summed E-state index contributed by atoms with van der Waals surface area (Å²) in [6.07, 6.45) is -0.535. The number of ether oxygens (including phenoxy) is 2. The van der Waals surface area contributed by atoms with Crippen LogP contribution in [0.3, 0.4) is 0 Å². The van der Waals surface area contributed by atoms with Gasteiger partial charge in [-0.1, -0.05) is 43.6 Å². The van der Waals surface area contributed by atoms with Gasteiger partial charge in [0.1, 0.15) is 0 Å². The van der Waals surface area contributed by atoms with Gasteiger partial charge in [0, 0.05) is 5.02 Å². The molecule has 1 aliphatic heterocycles. The molecule has 0 aromatic heterocycles. The molecule has 0 bridgehead atoms. The molecule has 1 heterocycles. The smallest absolute Gasteiger partial charge is 0.252 e. The van der Waals surface area contributed by atoms with Crippen LogP contribution in [0.1, 0.15) is 25.5 Å². The molecule has 2 rings (SSSR count). The molecule has 0 aliphatic carbocycles. The first-order chi connectivity index (χ1) is 9.59. The third-order valence-electron chi connectivity index (χ3n) is 3.31. The second-order valence-electron chi connectivity index (χ2n) is 5.19. The highest BCUT2D eigenvalue weighted by molar-refractivity contribution is 6.31. The monoisotopic (exact) mass is 297 g/mol. The van der Waals surface area contributed by atoms with E-state index in [4.69, 9.17) is 21.1 Å². The quantitative estimate of drug-likeness (QED) is 0.929. The van der Waals surface area contributed by atoms with Crippen LogP contribution in [0.4, 0.5) is 0 Å². The SMILES string of the molecule is CC(C)C(NC(=O)C1COCCO1)c1ccccc1Cl. The van der Waals surface area contributed by atoms with Crippen LogP contribution in [0.25, 0.3) is 0 Å². The first kappa shape index (κ1) is 15.3. The number of amides is 1. The first-order valence-corrected chi connectivity index (χ1v) is 7.21. The average Bonchev–Trinajstić information content (AvgIpc) is 2.46. The van der Waals surface area contributed by atoms with Crippen molar-refractivity contribution in [2.75, 3.05) is 19.8 Å². The van der Waals surface area contributed by atoms with E-state index in [0.717, 1.165) is 5.56 Å². The van der Waals surface area contributed by atoms with E-state index in [1.54, 1.807) is 0 Å². The normalized spacial score (nSPS) is 20.7. The molecule has 1 aliphatic rings. The molecular weight excluding hydrogens is 278 g/mol. The van der Waals surface area contributed by atoms with Gasteiger partial charge in [-0.25, -0.2) is 0 Å². The summed E-state index contributed by atoms with van der Waals surface area (Å²) in [4.78, 5) is 12.2. The Hall–Kier alpha value is -1.10. The van der Waals surface area contributed by atoms with E-state index >= 15 is 0 Å². The Balaban J connectivity index is 2.10. The van der Waals surface area contributed by atoms with Crippen molar-refractivity contribution in [3.63, 3.8) is 0 Å². The number of carbonyl (C=O) groups excluding carboxylic acids is 1. The van der Waals surface area contributed by atoms with Crippen molar-refractivity contribution < 1.29 is 14.3 Å². The zero-order valence-corrected chi connectivity index (χ0v) is 12.5. The number of nitrogens with one attached hydrogen (secondary N) is 1. The highest BCUT2D eigenvalue weighted by atomic mass is 35.5. The summed E-state index contributed by atoms with van der Waals surface area (Å²) >= 11 is 6.23. The van der Waals surface area contributed by atoms with Gasteiger partial charge < -0.3 is 14.8 Å². The van der Waals surface area contributed by atoms with E-state index in [1.165, 1.54) is 0 Å². The second kappa shape index (κ2) is 7.07. The Labute approximate surface area is 124 Å². The second-order valence-corrected chi connectivity index (χ2v) is 5.59. The van der Waals surface area contributed by atoms with Gasteiger partial charge in [-0.3, -0.25) is 4.79 Å². The van der Waals surface area contributed by atoms with Gasteiger partial charge in [-0.15, -0.1) is 0 Å². The molecule has 1 saturated heterocycles. The number of halogens is 1. The van der Waals surface area contributed by atoms with Crippen LogP contribution in [0, 0.1) is 5.92 Å². The first-order valence-electron chi connectivity index (χ1n) is 6.83. The van der Waals surface area contributed by atoms with Crippen LogP contribution in [-0.4, -0.2) is 31.8 Å². The van der Waals surface area contributed by atoms with Crippen LogP contribution in [0.15, 0.2) is 24.3 Å². The van der Waals surface area contributed by atoms with Crippen LogP contribution in [-0.2, 0) is 14.3 Å². The molecule has 4 nitrogen and oxygen atoms in total. The zero-order valence-electron chi connectivity index (χ0n) is 11.8. The van der Waals surface area contributed by atoms with E-state index < -0.39 is 6.10 Å². The third kappa shape index (κ3) is 3.72. The van der Waals surface area contributed by atoms with Gasteiger partial charge in [-0.05, 0) is 17.5 Å². The van der Waals surface area contributed by atoms with Crippen molar-refractivity contribution >= 4 is 17.5 Å². The number of hydrogen-bond acceptors (Lipinski definition) is 3. The fourth-order valence-electron chi connectivity index (χ4n) is 2.22. The zero-order chi connectivity index (χ0) is 14.5. The highest BCUT2D eigenvalue weighted by Gasteiger charge is 2.27. The average molecular weight is 298 g/mol. The lowest BCUT2D eigenvalue weighted by atomic mass is 9.95. The predicted molar refractivity (Wildman–Crippen MR) is 77.7 cm³/mol. The molecule has 5 heteroatoms. The molecule has 1 N–H and O–H groups in total. The van der Waals surface area contributed by atoms with Crippen molar-refractivity contribution in [1.82, 2.24) is 5.32 Å². The summed E-state index contributed by atoms with van der Waals surface area (Å²) in [6, 6.07) is 7.43. The molecule has 2 atom stereocenters. The minimum absolute atomic E-state index is 0.137. The van der Waals surface area contributed by atoms with Crippen molar-refractivity contribution in [2.24, 2.45) is 5.92 Å². The molecule has 1 amide bonds. The van der Waals surface area contributed by atoms with E-state index in [-0.39, 0.29) is 17.9 Å². The van der Waals surface area contributed by atoms with E-state index in [1.807, 2.05) is 38.1 Å². The van der Waals surface area contributed by atoms with Crippen LogP contribution in [0.5, 0.6) is 0 Å². The molecule has 2 unspecified atom stereocenters. The molecule has 1 aromatic rings. The Morgan fingerprint density at radius 1 is 1.35 bits per heavy atom. The Kier molecular flexibility index (Phi) is 5.40. The molecular formula is C15H20ClNO3. The van der Waals surface area contributed by atoms with Gasteiger partial charge in [0.25, 0.3) is 5.91 Å². The molecule has 0 radical (unpaired) electrons. The molecule has 0 saturated carbocycles. The summed E-state index contributed by atoms with van der Waals surface area (Å²) in [5.41, 5.74) is 0.925. The van der Waals surface area contributed by atoms with E-state index in [9.17, 15) is 4.79 Å². The lowest BCUT2D eigenvalue weighted by molar-refractivity contribution is -0.148. The maximum Gasteiger partial charge on any atom is 0.252 e. The molecule has 1 aromatic carbocycles. The van der Waals surface area contributed by atoms with Crippen molar-refractivity contribution in [3.05, 3.63) is 34.9 Å². The van der Waals surface area contributed by atoms with Crippen LogP contribution >= 0.6 is 11.6 Å². The Bertz CT molecular complexity index is 458. The molecule has 0 spiro atoms. The summed E-state index contributed by atoms with van der Waals surface area (Å²) < 4.78 is 10.7. The number of rotatable bonds is 4. The molecule has 110 valence electrons. The summed E-state index contributed by atoms with van der Waals surface area (Å²) in [7, 11) is 0. The molecule has 20 heavy (non-hydrogen) atoms. The minimum Gasteiger partial charge on any atom is -0.376 e. The number of benzene rings is 1. The maximum atomic E-state index is 12.2. The van der Waals surface area contributed by atoms with Crippen LogP contribution in [0.2, 0.25) is 5.02 Å². The van der Waals surface area contributed by atoms with Crippen molar-refractivity contribution in [2.45, 2.75) is 26.0 Å². The standard InChI is InChI=1S/C15H20ClNO3/c1-10(2)14(11-5-3-4-6-12(11)16)17-15(18)13-9-19-7-8-20-13/h3-6,10,13-14H,7-9H2,1-2H3,(H,17,18). The topological polar surface area (TPSA) is 47.6 Å². The summed E-state index contributed by atoms with van der Waals surface area (Å²) in [5.74, 6) is 0.0756. The third-order valence-corrected chi connectivity index (χ3v) is 3.66. The summed E-state index contributed by atoms with van der Waals surface area (Å²) in [6.45, 7) is 5.40. The van der Waals surface area contributed by atoms with Gasteiger partial charge in [0.15, 0.2) is 6.10 Å². The summed E-state index contributed by atoms with van der Waals surface area (Å²) in [5, 5.41) is 3.67. The van der Waals surface area contributed by atoms with Crippen LogP contribution < -0.4 is 5.32 Å². The van der Waals surface area contributed by atoms with Gasteiger partial charge >= 0.3 is 0 Å². The lowest BCUT2D eigenvalue weighted by Crippen LogP contribution is -2.45. The van der Waals surface area contributed by atoms with E-state index in [0.29, 0.717) is 24.8 Å². The maximum absolute atomic E-state index is 12.2. The van der Waals surface area contributed by atoms with Gasteiger partial charge in [-0.2, -0.15) is 0 Å².